The maximum absolute atomic E-state index is 12.9. The second kappa shape index (κ2) is 7.46. The minimum Gasteiger partial charge on any atom is -0.462 e. The Bertz CT molecular complexity index is 848. The van der Waals surface area contributed by atoms with E-state index in [0.29, 0.717) is 30.0 Å². The molecule has 1 N–H and O–H groups in total. The van der Waals surface area contributed by atoms with Crippen LogP contribution in [0.5, 0.6) is 0 Å². The van der Waals surface area contributed by atoms with Crippen LogP contribution in [0.3, 0.4) is 0 Å². The Kier molecular flexibility index (Phi) is 5.11. The summed E-state index contributed by atoms with van der Waals surface area (Å²) >= 11 is 0. The van der Waals surface area contributed by atoms with Gasteiger partial charge in [-0.1, -0.05) is 12.1 Å². The third-order valence-corrected chi connectivity index (χ3v) is 4.10. The normalized spacial score (nSPS) is 13.2. The molecule has 0 saturated heterocycles. The lowest BCUT2D eigenvalue weighted by Crippen LogP contribution is -2.34. The van der Waals surface area contributed by atoms with E-state index in [1.54, 1.807) is 35.8 Å². The Morgan fingerprint density at radius 1 is 1.40 bits per heavy atom. The molecule has 0 unspecified atom stereocenters. The third kappa shape index (κ3) is 3.55. The highest BCUT2D eigenvalue weighted by atomic mass is 19.1. The van der Waals surface area contributed by atoms with Crippen LogP contribution in [0.2, 0.25) is 0 Å². The lowest BCUT2D eigenvalue weighted by molar-refractivity contribution is 0.0524. The van der Waals surface area contributed by atoms with Crippen molar-refractivity contribution in [2.75, 3.05) is 11.9 Å². The lowest BCUT2D eigenvalue weighted by Gasteiger charge is -2.20. The molecule has 25 heavy (non-hydrogen) atoms. The first-order valence-corrected chi connectivity index (χ1v) is 8.36. The maximum atomic E-state index is 12.9. The van der Waals surface area contributed by atoms with Crippen molar-refractivity contribution in [3.63, 3.8) is 0 Å². The number of hydrogen-bond donors (Lipinski definition) is 1. The summed E-state index contributed by atoms with van der Waals surface area (Å²) in [7, 11) is 0. The van der Waals surface area contributed by atoms with E-state index in [9.17, 15) is 14.0 Å². The highest BCUT2D eigenvalue weighted by Gasteiger charge is 2.25. The summed E-state index contributed by atoms with van der Waals surface area (Å²) in [6.45, 7) is 1.79. The van der Waals surface area contributed by atoms with Gasteiger partial charge in [-0.2, -0.15) is 0 Å². The van der Waals surface area contributed by atoms with Crippen LogP contribution in [0.25, 0.3) is 0 Å². The zero-order valence-corrected chi connectivity index (χ0v) is 14.0. The van der Waals surface area contributed by atoms with Crippen LogP contribution < -0.4 is 10.9 Å². The first-order valence-electron chi connectivity index (χ1n) is 8.36. The molecular weight excluding hydrogens is 325 g/mol. The fourth-order valence-electron chi connectivity index (χ4n) is 2.92. The molecule has 0 saturated carbocycles. The van der Waals surface area contributed by atoms with Gasteiger partial charge in [0, 0.05) is 18.7 Å². The molecule has 0 radical (unpaired) electrons. The molecule has 0 amide bonds. The van der Waals surface area contributed by atoms with E-state index in [1.807, 2.05) is 0 Å². The molecule has 1 aromatic carbocycles. The molecule has 1 aliphatic heterocycles. The van der Waals surface area contributed by atoms with Gasteiger partial charge in [0.15, 0.2) is 11.4 Å². The van der Waals surface area contributed by atoms with Gasteiger partial charge >= 0.3 is 5.97 Å². The fourth-order valence-corrected chi connectivity index (χ4v) is 2.92. The topological polar surface area (TPSA) is 73.2 Å². The highest BCUT2D eigenvalue weighted by molar-refractivity contribution is 5.95. The van der Waals surface area contributed by atoms with Crippen molar-refractivity contribution in [3.05, 3.63) is 51.6 Å². The summed E-state index contributed by atoms with van der Waals surface area (Å²) in [5.41, 5.74) is 0.552. The molecule has 1 aliphatic rings. The van der Waals surface area contributed by atoms with Crippen LogP contribution in [0.4, 0.5) is 15.9 Å². The van der Waals surface area contributed by atoms with Crippen molar-refractivity contribution in [1.29, 1.82) is 0 Å². The van der Waals surface area contributed by atoms with Gasteiger partial charge in [-0.3, -0.25) is 9.36 Å². The van der Waals surface area contributed by atoms with Crippen molar-refractivity contribution in [3.8, 4) is 0 Å². The molecule has 1 aromatic heterocycles. The monoisotopic (exact) mass is 345 g/mol. The second-order valence-electron chi connectivity index (χ2n) is 5.85. The van der Waals surface area contributed by atoms with E-state index in [0.717, 1.165) is 12.8 Å². The molecule has 2 heterocycles. The van der Waals surface area contributed by atoms with Gasteiger partial charge in [-0.25, -0.2) is 14.2 Å². The number of hydrogen-bond acceptors (Lipinski definition) is 5. The summed E-state index contributed by atoms with van der Waals surface area (Å²) in [4.78, 5) is 29.6. The van der Waals surface area contributed by atoms with Crippen LogP contribution in [-0.4, -0.2) is 22.1 Å². The van der Waals surface area contributed by atoms with E-state index in [1.165, 1.54) is 0 Å². The SMILES string of the molecule is CCOC(=O)c1c(Nc2cccc(CF)c2)nc2n(c1=O)CCCC2. The summed E-state index contributed by atoms with van der Waals surface area (Å²) in [6.07, 6.45) is 2.50. The molecule has 0 aliphatic carbocycles. The Hall–Kier alpha value is -2.70. The quantitative estimate of drug-likeness (QED) is 0.844. The average molecular weight is 345 g/mol. The van der Waals surface area contributed by atoms with Crippen LogP contribution in [-0.2, 0) is 24.4 Å². The van der Waals surface area contributed by atoms with Crippen LogP contribution in [0.1, 0.15) is 41.5 Å². The first-order chi connectivity index (χ1) is 12.1. The van der Waals surface area contributed by atoms with E-state index < -0.39 is 18.2 Å². The largest absolute Gasteiger partial charge is 0.462 e. The third-order valence-electron chi connectivity index (χ3n) is 4.10. The van der Waals surface area contributed by atoms with Crippen LogP contribution >= 0.6 is 0 Å². The van der Waals surface area contributed by atoms with Gasteiger partial charge in [0.05, 0.1) is 6.61 Å². The van der Waals surface area contributed by atoms with Crippen molar-refractivity contribution < 1.29 is 13.9 Å². The standard InChI is InChI=1S/C18H20FN3O3/c1-2-25-18(24)15-16(20-13-7-5-6-12(10-13)11-19)21-14-8-3-4-9-22(14)17(15)23/h5-7,10,20H,2-4,8-9,11H2,1H3. The van der Waals surface area contributed by atoms with Crippen molar-refractivity contribution in [2.45, 2.75) is 39.4 Å². The predicted molar refractivity (Wildman–Crippen MR) is 91.9 cm³/mol. The predicted octanol–water partition coefficient (Wildman–Crippen LogP) is 2.97. The number of anilines is 2. The molecule has 0 fully saturated rings. The minimum atomic E-state index is -0.704. The summed E-state index contributed by atoms with van der Waals surface area (Å²) in [6, 6.07) is 6.71. The number of rotatable bonds is 5. The van der Waals surface area contributed by atoms with Gasteiger partial charge in [-0.05, 0) is 37.5 Å². The number of nitrogens with one attached hydrogen (secondary N) is 1. The number of benzene rings is 1. The maximum Gasteiger partial charge on any atom is 0.347 e. The van der Waals surface area contributed by atoms with E-state index in [-0.39, 0.29) is 18.0 Å². The van der Waals surface area contributed by atoms with E-state index in [2.05, 4.69) is 10.3 Å². The second-order valence-corrected chi connectivity index (χ2v) is 5.85. The van der Waals surface area contributed by atoms with Gasteiger partial charge in [0.2, 0.25) is 0 Å². The van der Waals surface area contributed by atoms with Crippen LogP contribution in [0, 0.1) is 0 Å². The first kappa shape index (κ1) is 17.1. The number of fused-ring (bicyclic) bond motifs is 1. The molecule has 2 aromatic rings. The zero-order chi connectivity index (χ0) is 17.8. The fraction of sp³-hybridized carbons (Fsp3) is 0.389. The number of ether oxygens (including phenoxy) is 1. The number of carbonyl (C=O) groups excluding carboxylic acids is 1. The smallest absolute Gasteiger partial charge is 0.347 e. The summed E-state index contributed by atoms with van der Waals surface area (Å²) in [5, 5.41) is 2.99. The Morgan fingerprint density at radius 2 is 2.24 bits per heavy atom. The molecule has 132 valence electrons. The molecule has 3 rings (SSSR count). The van der Waals surface area contributed by atoms with Gasteiger partial charge in [0.25, 0.3) is 5.56 Å². The lowest BCUT2D eigenvalue weighted by atomic mass is 10.1. The highest BCUT2D eigenvalue weighted by Crippen LogP contribution is 2.21. The molecule has 6 nitrogen and oxygen atoms in total. The number of aromatic nitrogens is 2. The number of carbonyl (C=O) groups is 1. The van der Waals surface area contributed by atoms with E-state index >= 15 is 0 Å². The van der Waals surface area contributed by atoms with Crippen molar-refractivity contribution >= 4 is 17.5 Å². The zero-order valence-electron chi connectivity index (χ0n) is 14.0. The molecule has 0 spiro atoms. The number of aryl methyl sites for hydroxylation is 1. The van der Waals surface area contributed by atoms with Crippen LogP contribution in [0.15, 0.2) is 29.1 Å². The van der Waals surface area contributed by atoms with E-state index in [4.69, 9.17) is 4.74 Å². The molecule has 7 heteroatoms. The number of halogens is 1. The molecule has 0 atom stereocenters. The summed E-state index contributed by atoms with van der Waals surface area (Å²) in [5.74, 6) is 0.103. The Morgan fingerprint density at radius 3 is 3.00 bits per heavy atom. The van der Waals surface area contributed by atoms with Crippen molar-refractivity contribution in [1.82, 2.24) is 9.55 Å². The van der Waals surface area contributed by atoms with Gasteiger partial charge in [0.1, 0.15) is 12.5 Å². The minimum absolute atomic E-state index is 0.113. The van der Waals surface area contributed by atoms with Gasteiger partial charge in [-0.15, -0.1) is 0 Å². The Balaban J connectivity index is 2.08. The number of nitrogens with zero attached hydrogens (tertiary/aromatic N) is 2. The Labute approximate surface area is 144 Å². The van der Waals surface area contributed by atoms with Gasteiger partial charge < -0.3 is 10.1 Å². The number of alkyl halides is 1. The van der Waals surface area contributed by atoms with Crippen molar-refractivity contribution in [2.24, 2.45) is 0 Å². The molecular formula is C18H20FN3O3. The molecule has 0 bridgehead atoms. The average Bonchev–Trinajstić information content (AvgIpc) is 2.62. The number of esters is 1. The summed E-state index contributed by atoms with van der Waals surface area (Å²) < 4.78 is 19.4.